The van der Waals surface area contributed by atoms with E-state index in [4.69, 9.17) is 9.47 Å². The van der Waals surface area contributed by atoms with Crippen LogP contribution in [0.2, 0.25) is 0 Å². The number of carbonyl (C=O) groups is 4. The quantitative estimate of drug-likeness (QED) is 0.513. The molecule has 32 heavy (non-hydrogen) atoms. The molecule has 0 unspecified atom stereocenters. The van der Waals surface area contributed by atoms with E-state index in [0.717, 1.165) is 0 Å². The molecule has 0 radical (unpaired) electrons. The maximum absolute atomic E-state index is 12.4. The minimum atomic E-state index is -1.24. The summed E-state index contributed by atoms with van der Waals surface area (Å²) in [6.45, 7) is -0.349. The summed E-state index contributed by atoms with van der Waals surface area (Å²) < 4.78 is 10.5. The summed E-state index contributed by atoms with van der Waals surface area (Å²) in [5.41, 5.74) is 0.609. The highest BCUT2D eigenvalue weighted by atomic mass is 16.5. The van der Waals surface area contributed by atoms with Crippen molar-refractivity contribution in [2.45, 2.75) is 13.2 Å². The van der Waals surface area contributed by atoms with Gasteiger partial charge in [0.2, 0.25) is 0 Å². The third-order valence-electron chi connectivity index (χ3n) is 4.59. The molecule has 0 aliphatic heterocycles. The fraction of sp³-hybridized carbons (Fsp3) is 0.0833. The number of rotatable bonds is 8. The van der Waals surface area contributed by atoms with Crippen molar-refractivity contribution in [1.29, 1.82) is 0 Å². The lowest BCUT2D eigenvalue weighted by Gasteiger charge is -2.12. The maximum atomic E-state index is 12.4. The van der Waals surface area contributed by atoms with Gasteiger partial charge >= 0.3 is 23.9 Å². The van der Waals surface area contributed by atoms with Crippen LogP contribution >= 0.6 is 0 Å². The van der Waals surface area contributed by atoms with Crippen LogP contribution in [0.1, 0.15) is 52.6 Å². The number of esters is 2. The molecule has 0 aliphatic rings. The van der Waals surface area contributed by atoms with Gasteiger partial charge in [-0.25, -0.2) is 19.2 Å². The molecular weight excluding hydrogens is 416 g/mol. The highest BCUT2D eigenvalue weighted by molar-refractivity contribution is 6.03. The third kappa shape index (κ3) is 5.17. The zero-order valence-electron chi connectivity index (χ0n) is 16.7. The van der Waals surface area contributed by atoms with E-state index in [1.165, 1.54) is 48.5 Å². The fourth-order valence-electron chi connectivity index (χ4n) is 2.98. The molecule has 0 saturated heterocycles. The first-order chi connectivity index (χ1) is 15.4. The summed E-state index contributed by atoms with van der Waals surface area (Å²) in [6, 6.07) is 18.2. The fourth-order valence-corrected chi connectivity index (χ4v) is 2.98. The van der Waals surface area contributed by atoms with Crippen molar-refractivity contribution in [3.63, 3.8) is 0 Å². The average Bonchev–Trinajstić information content (AvgIpc) is 2.81. The number of carbonyl (C=O) groups excluding carboxylic acids is 2. The number of carboxylic acid groups (broad SMARTS) is 2. The molecule has 2 N–H and O–H groups in total. The van der Waals surface area contributed by atoms with Gasteiger partial charge in [-0.3, -0.25) is 0 Å². The molecule has 8 nitrogen and oxygen atoms in total. The molecule has 3 rings (SSSR count). The first-order valence-electron chi connectivity index (χ1n) is 9.44. The lowest BCUT2D eigenvalue weighted by Crippen LogP contribution is -2.13. The Morgan fingerprint density at radius 2 is 0.844 bits per heavy atom. The molecule has 3 aromatic carbocycles. The number of carboxylic acids is 2. The van der Waals surface area contributed by atoms with E-state index >= 15 is 0 Å². The third-order valence-corrected chi connectivity index (χ3v) is 4.59. The molecule has 8 heteroatoms. The Kier molecular flexibility index (Phi) is 6.97. The standard InChI is InChI=1S/C24H18O8/c25-21(26)17-9-3-5-11-19(17)23(29)31-13-15-7-1-2-8-16(15)14-32-24(30)20-12-6-4-10-18(20)22(27)28/h1-12H,13-14H2,(H,25,26)(H,27,28). The lowest BCUT2D eigenvalue weighted by atomic mass is 10.1. The maximum Gasteiger partial charge on any atom is 0.339 e. The van der Waals surface area contributed by atoms with Gasteiger partial charge in [-0.05, 0) is 35.4 Å². The second-order valence-corrected chi connectivity index (χ2v) is 6.62. The number of benzene rings is 3. The van der Waals surface area contributed by atoms with E-state index in [1.807, 2.05) is 0 Å². The molecule has 0 fully saturated rings. The van der Waals surface area contributed by atoms with Gasteiger partial charge in [-0.15, -0.1) is 0 Å². The predicted molar refractivity (Wildman–Crippen MR) is 111 cm³/mol. The number of hydrogen-bond donors (Lipinski definition) is 2. The molecule has 0 atom stereocenters. The van der Waals surface area contributed by atoms with Gasteiger partial charge in [0.25, 0.3) is 0 Å². The molecule has 0 heterocycles. The summed E-state index contributed by atoms with van der Waals surface area (Å²) >= 11 is 0. The monoisotopic (exact) mass is 434 g/mol. The lowest BCUT2D eigenvalue weighted by molar-refractivity contribution is 0.0430. The molecule has 0 bridgehead atoms. The van der Waals surface area contributed by atoms with Gasteiger partial charge in [0, 0.05) is 0 Å². The van der Waals surface area contributed by atoms with Crippen LogP contribution in [0.25, 0.3) is 0 Å². The SMILES string of the molecule is O=C(O)c1ccccc1C(=O)OCc1ccccc1COC(=O)c1ccccc1C(=O)O. The zero-order chi connectivity index (χ0) is 23.1. The normalized spacial score (nSPS) is 10.2. The molecule has 0 spiro atoms. The van der Waals surface area contributed by atoms with Gasteiger partial charge in [-0.2, -0.15) is 0 Å². The second-order valence-electron chi connectivity index (χ2n) is 6.62. The van der Waals surface area contributed by atoms with Crippen LogP contribution in [-0.2, 0) is 22.7 Å². The molecular formula is C24H18O8. The summed E-state index contributed by atoms with van der Waals surface area (Å²) in [4.78, 5) is 47.3. The number of ether oxygens (including phenoxy) is 2. The van der Waals surface area contributed by atoms with Gasteiger partial charge < -0.3 is 19.7 Å². The van der Waals surface area contributed by atoms with Crippen LogP contribution in [0, 0.1) is 0 Å². The highest BCUT2D eigenvalue weighted by Crippen LogP contribution is 2.17. The summed E-state index contributed by atoms with van der Waals surface area (Å²) in [6.07, 6.45) is 0. The van der Waals surface area contributed by atoms with Crippen LogP contribution in [-0.4, -0.2) is 34.1 Å². The largest absolute Gasteiger partial charge is 0.478 e. The van der Waals surface area contributed by atoms with Crippen molar-refractivity contribution in [1.82, 2.24) is 0 Å². The minimum absolute atomic E-state index is 0.0748. The Bertz CT molecular complexity index is 1090. The van der Waals surface area contributed by atoms with E-state index < -0.39 is 23.9 Å². The van der Waals surface area contributed by atoms with Gasteiger partial charge in [0.1, 0.15) is 13.2 Å². The van der Waals surface area contributed by atoms with Crippen LogP contribution in [0.15, 0.2) is 72.8 Å². The molecule has 162 valence electrons. The van der Waals surface area contributed by atoms with Crippen molar-refractivity contribution in [2.24, 2.45) is 0 Å². The Labute approximate surface area is 182 Å². The molecule has 0 amide bonds. The molecule has 0 saturated carbocycles. The smallest absolute Gasteiger partial charge is 0.339 e. The van der Waals surface area contributed by atoms with Crippen LogP contribution in [0.4, 0.5) is 0 Å². The predicted octanol–water partition coefficient (Wildman–Crippen LogP) is 3.80. The van der Waals surface area contributed by atoms with Crippen molar-refractivity contribution in [3.8, 4) is 0 Å². The van der Waals surface area contributed by atoms with E-state index in [0.29, 0.717) is 11.1 Å². The van der Waals surface area contributed by atoms with E-state index in [9.17, 15) is 29.4 Å². The molecule has 3 aromatic rings. The van der Waals surface area contributed by atoms with Crippen molar-refractivity contribution in [2.75, 3.05) is 0 Å². The number of hydrogen-bond acceptors (Lipinski definition) is 6. The first-order valence-corrected chi connectivity index (χ1v) is 9.44. The van der Waals surface area contributed by atoms with Crippen molar-refractivity contribution in [3.05, 3.63) is 106 Å². The van der Waals surface area contributed by atoms with E-state index in [2.05, 4.69) is 0 Å². The van der Waals surface area contributed by atoms with Crippen LogP contribution in [0.3, 0.4) is 0 Å². The molecule has 0 aliphatic carbocycles. The van der Waals surface area contributed by atoms with Crippen LogP contribution in [0.5, 0.6) is 0 Å². The summed E-state index contributed by atoms with van der Waals surface area (Å²) in [5, 5.41) is 18.4. The van der Waals surface area contributed by atoms with Crippen molar-refractivity contribution < 1.29 is 38.9 Å². The number of aromatic carboxylic acids is 2. The Morgan fingerprint density at radius 3 is 1.19 bits per heavy atom. The Hall–Kier alpha value is -4.46. The summed E-state index contributed by atoms with van der Waals surface area (Å²) in [5.74, 6) is -4.09. The summed E-state index contributed by atoms with van der Waals surface area (Å²) in [7, 11) is 0. The second kappa shape index (κ2) is 10.0. The van der Waals surface area contributed by atoms with E-state index in [-0.39, 0.29) is 35.5 Å². The van der Waals surface area contributed by atoms with E-state index in [1.54, 1.807) is 24.3 Å². The first kappa shape index (κ1) is 22.2. The Balaban J connectivity index is 1.69. The van der Waals surface area contributed by atoms with Gasteiger partial charge in [0.15, 0.2) is 0 Å². The average molecular weight is 434 g/mol. The van der Waals surface area contributed by atoms with Crippen LogP contribution < -0.4 is 0 Å². The van der Waals surface area contributed by atoms with Gasteiger partial charge in [-0.1, -0.05) is 48.5 Å². The topological polar surface area (TPSA) is 127 Å². The van der Waals surface area contributed by atoms with Gasteiger partial charge in [0.05, 0.1) is 22.3 Å². The highest BCUT2D eigenvalue weighted by Gasteiger charge is 2.19. The minimum Gasteiger partial charge on any atom is -0.478 e. The Morgan fingerprint density at radius 1 is 0.531 bits per heavy atom. The zero-order valence-corrected chi connectivity index (χ0v) is 16.7. The van der Waals surface area contributed by atoms with Crippen molar-refractivity contribution >= 4 is 23.9 Å². The molecule has 0 aromatic heterocycles.